The molecule has 1 aromatic rings. The smallest absolute Gasteiger partial charge is 0.304 e. The highest BCUT2D eigenvalue weighted by atomic mass is 32.2. The van der Waals surface area contributed by atoms with Gasteiger partial charge in [0, 0.05) is 12.6 Å². The second-order valence-electron chi connectivity index (χ2n) is 2.57. The summed E-state index contributed by atoms with van der Waals surface area (Å²) in [5.41, 5.74) is 4.94. The Kier molecular flexibility index (Phi) is 3.27. The number of sulfonamides is 1. The minimum atomic E-state index is -3.66. The molecular weight excluding hydrogens is 242 g/mol. The van der Waals surface area contributed by atoms with Gasteiger partial charge in [-0.25, -0.2) is 13.1 Å². The van der Waals surface area contributed by atoms with Crippen molar-refractivity contribution < 1.29 is 13.3 Å². The Morgan fingerprint density at radius 3 is 2.67 bits per heavy atom. The predicted molar refractivity (Wildman–Crippen MR) is 56.2 cm³/mol. The van der Waals surface area contributed by atoms with Crippen molar-refractivity contribution in [1.82, 2.24) is 4.72 Å². The predicted octanol–water partition coefficient (Wildman–Crippen LogP) is 0.537. The van der Waals surface area contributed by atoms with Crippen molar-refractivity contribution in [3.63, 3.8) is 0 Å². The molecule has 1 heterocycles. The summed E-state index contributed by atoms with van der Waals surface area (Å²) in [7, 11) is -3.66. The van der Waals surface area contributed by atoms with Crippen LogP contribution in [0, 0.1) is 10.1 Å². The van der Waals surface area contributed by atoms with Crippen LogP contribution in [0.3, 0.4) is 0 Å². The van der Waals surface area contributed by atoms with Crippen LogP contribution in [0.15, 0.2) is 10.3 Å². The average Bonchev–Trinajstić information content (AvgIpc) is 2.47. The minimum Gasteiger partial charge on any atom is -0.385 e. The maximum absolute atomic E-state index is 11.4. The molecule has 0 aliphatic rings. The molecule has 0 fully saturated rings. The van der Waals surface area contributed by atoms with E-state index in [-0.39, 0.29) is 21.4 Å². The van der Waals surface area contributed by atoms with E-state index in [4.69, 9.17) is 5.73 Å². The maximum Gasteiger partial charge on any atom is 0.304 e. The van der Waals surface area contributed by atoms with Crippen LogP contribution in [0.1, 0.15) is 6.92 Å². The first-order valence-corrected chi connectivity index (χ1v) is 6.21. The number of nitro groups is 1. The monoisotopic (exact) mass is 251 g/mol. The van der Waals surface area contributed by atoms with Gasteiger partial charge in [0.05, 0.1) is 4.92 Å². The van der Waals surface area contributed by atoms with E-state index in [2.05, 4.69) is 4.72 Å². The lowest BCUT2D eigenvalue weighted by Crippen LogP contribution is -2.22. The van der Waals surface area contributed by atoms with Crippen LogP contribution in [-0.2, 0) is 10.0 Å². The van der Waals surface area contributed by atoms with E-state index in [9.17, 15) is 18.5 Å². The Balaban J connectivity index is 3.19. The number of nitrogen functional groups attached to an aromatic ring is 1. The van der Waals surface area contributed by atoms with Crippen molar-refractivity contribution in [3.05, 3.63) is 16.2 Å². The number of nitrogens with two attached hydrogens (primary N) is 1. The molecule has 3 N–H and O–H groups in total. The molecule has 0 saturated carbocycles. The zero-order valence-electron chi connectivity index (χ0n) is 7.76. The average molecular weight is 251 g/mol. The quantitative estimate of drug-likeness (QED) is 0.598. The van der Waals surface area contributed by atoms with Gasteiger partial charge in [0.15, 0.2) is 5.00 Å². The highest BCUT2D eigenvalue weighted by molar-refractivity contribution is 7.91. The number of nitrogens with zero attached hydrogens (tertiary/aromatic N) is 1. The van der Waals surface area contributed by atoms with E-state index in [1.54, 1.807) is 6.92 Å². The van der Waals surface area contributed by atoms with Crippen molar-refractivity contribution in [2.75, 3.05) is 12.3 Å². The van der Waals surface area contributed by atoms with Gasteiger partial charge in [-0.1, -0.05) is 18.3 Å². The van der Waals surface area contributed by atoms with Gasteiger partial charge >= 0.3 is 5.69 Å². The molecule has 0 aliphatic carbocycles. The van der Waals surface area contributed by atoms with Crippen LogP contribution in [0.25, 0.3) is 0 Å². The van der Waals surface area contributed by atoms with E-state index < -0.39 is 14.9 Å². The fourth-order valence-electron chi connectivity index (χ4n) is 0.909. The van der Waals surface area contributed by atoms with Crippen molar-refractivity contribution in [1.29, 1.82) is 0 Å². The van der Waals surface area contributed by atoms with Gasteiger partial charge < -0.3 is 5.73 Å². The standard InChI is InChI=1S/C6H9N3O4S2/c1-2-8-15(12,13)5-3-4(9(10)11)6(7)14-5/h3,8H,2,7H2,1H3. The summed E-state index contributed by atoms with van der Waals surface area (Å²) >= 11 is 0.675. The summed E-state index contributed by atoms with van der Waals surface area (Å²) in [6.07, 6.45) is 0. The van der Waals surface area contributed by atoms with Gasteiger partial charge in [0.1, 0.15) is 4.21 Å². The number of hydrogen-bond acceptors (Lipinski definition) is 6. The number of thiophene rings is 1. The van der Waals surface area contributed by atoms with Crippen LogP contribution in [-0.4, -0.2) is 19.9 Å². The molecular formula is C6H9N3O4S2. The molecule has 1 rings (SSSR count). The SMILES string of the molecule is CCNS(=O)(=O)c1cc([N+](=O)[O-])c(N)s1. The molecule has 0 spiro atoms. The zero-order chi connectivity index (χ0) is 11.6. The first kappa shape index (κ1) is 11.9. The van der Waals surface area contributed by atoms with Gasteiger partial charge in [-0.2, -0.15) is 0 Å². The zero-order valence-corrected chi connectivity index (χ0v) is 9.39. The minimum absolute atomic E-state index is 0.114. The van der Waals surface area contributed by atoms with Crippen LogP contribution < -0.4 is 10.5 Å². The van der Waals surface area contributed by atoms with Crippen molar-refractivity contribution in [2.24, 2.45) is 0 Å². The lowest BCUT2D eigenvalue weighted by Gasteiger charge is -1.98. The van der Waals surface area contributed by atoms with Crippen LogP contribution in [0.4, 0.5) is 10.7 Å². The van der Waals surface area contributed by atoms with Crippen molar-refractivity contribution >= 4 is 32.0 Å². The molecule has 84 valence electrons. The molecule has 0 atom stereocenters. The number of anilines is 1. The third-order valence-corrected chi connectivity index (χ3v) is 4.49. The van der Waals surface area contributed by atoms with E-state index in [1.807, 2.05) is 0 Å². The summed E-state index contributed by atoms with van der Waals surface area (Å²) < 4.78 is 25.0. The van der Waals surface area contributed by atoms with Gasteiger partial charge in [0.2, 0.25) is 10.0 Å². The normalized spacial score (nSPS) is 11.5. The van der Waals surface area contributed by atoms with E-state index in [1.165, 1.54) is 0 Å². The van der Waals surface area contributed by atoms with Crippen LogP contribution in [0.5, 0.6) is 0 Å². The maximum atomic E-state index is 11.4. The first-order chi connectivity index (χ1) is 6.88. The molecule has 0 radical (unpaired) electrons. The summed E-state index contributed by atoms with van der Waals surface area (Å²) in [5.74, 6) is 0. The lowest BCUT2D eigenvalue weighted by atomic mass is 10.5. The Bertz CT molecular complexity index is 479. The van der Waals surface area contributed by atoms with Gasteiger partial charge in [-0.05, 0) is 0 Å². The Labute approximate surface area is 90.1 Å². The molecule has 1 aromatic heterocycles. The molecule has 0 aromatic carbocycles. The summed E-state index contributed by atoms with van der Waals surface area (Å²) in [6.45, 7) is 1.83. The number of rotatable bonds is 4. The highest BCUT2D eigenvalue weighted by Gasteiger charge is 2.23. The molecule has 0 amide bonds. The molecule has 15 heavy (non-hydrogen) atoms. The molecule has 9 heteroatoms. The molecule has 7 nitrogen and oxygen atoms in total. The van der Waals surface area contributed by atoms with Crippen LogP contribution in [0.2, 0.25) is 0 Å². The fraction of sp³-hybridized carbons (Fsp3) is 0.333. The fourth-order valence-corrected chi connectivity index (χ4v) is 3.21. The molecule has 0 saturated heterocycles. The third-order valence-electron chi connectivity index (χ3n) is 1.51. The summed E-state index contributed by atoms with van der Waals surface area (Å²) in [6, 6.07) is 0.956. The number of nitrogens with one attached hydrogen (secondary N) is 1. The molecule has 0 unspecified atom stereocenters. The Morgan fingerprint density at radius 1 is 1.67 bits per heavy atom. The Hall–Kier alpha value is -1.19. The van der Waals surface area contributed by atoms with Gasteiger partial charge in [0.25, 0.3) is 0 Å². The van der Waals surface area contributed by atoms with E-state index in [0.717, 1.165) is 6.07 Å². The van der Waals surface area contributed by atoms with Crippen molar-refractivity contribution in [3.8, 4) is 0 Å². The van der Waals surface area contributed by atoms with Gasteiger partial charge in [-0.3, -0.25) is 10.1 Å². The largest absolute Gasteiger partial charge is 0.385 e. The lowest BCUT2D eigenvalue weighted by molar-refractivity contribution is -0.383. The van der Waals surface area contributed by atoms with Crippen LogP contribution >= 0.6 is 11.3 Å². The van der Waals surface area contributed by atoms with Crippen molar-refractivity contribution in [2.45, 2.75) is 11.1 Å². The summed E-state index contributed by atoms with van der Waals surface area (Å²) in [5, 5.41) is 10.3. The van der Waals surface area contributed by atoms with E-state index >= 15 is 0 Å². The third kappa shape index (κ3) is 2.43. The molecule has 0 bridgehead atoms. The Morgan fingerprint density at radius 2 is 2.27 bits per heavy atom. The first-order valence-electron chi connectivity index (χ1n) is 3.92. The highest BCUT2D eigenvalue weighted by Crippen LogP contribution is 2.34. The summed E-state index contributed by atoms with van der Waals surface area (Å²) in [4.78, 5) is 9.73. The second-order valence-corrected chi connectivity index (χ2v) is 5.65. The van der Waals surface area contributed by atoms with Gasteiger partial charge in [-0.15, -0.1) is 0 Å². The second kappa shape index (κ2) is 4.13. The van der Waals surface area contributed by atoms with E-state index in [0.29, 0.717) is 11.3 Å². The molecule has 0 aliphatic heterocycles. The topological polar surface area (TPSA) is 115 Å². The number of hydrogen-bond donors (Lipinski definition) is 2.